The van der Waals surface area contributed by atoms with E-state index in [0.717, 1.165) is 5.69 Å². The van der Waals surface area contributed by atoms with Crippen LogP contribution in [0.4, 0.5) is 10.7 Å². The van der Waals surface area contributed by atoms with Crippen LogP contribution in [-0.4, -0.2) is 84.7 Å². The zero-order valence-electron chi connectivity index (χ0n) is 16.7. The number of nitrogens with one attached hydrogen (secondary N) is 2. The van der Waals surface area contributed by atoms with Gasteiger partial charge in [0.05, 0.1) is 44.2 Å². The molecule has 0 saturated carbocycles. The summed E-state index contributed by atoms with van der Waals surface area (Å²) in [6.07, 6.45) is 1.45. The van der Waals surface area contributed by atoms with Crippen molar-refractivity contribution in [3.63, 3.8) is 0 Å². The van der Waals surface area contributed by atoms with Gasteiger partial charge in [-0.25, -0.2) is 14.8 Å². The maximum absolute atomic E-state index is 12.5. The van der Waals surface area contributed by atoms with Crippen LogP contribution >= 0.6 is 0 Å². The Morgan fingerprint density at radius 1 is 1.14 bits per heavy atom. The lowest BCUT2D eigenvalue weighted by Crippen LogP contribution is -2.52. The standard InChI is InChI=1S/C19H29N5O4/c1-19(2,3)14-4-5-20-17(23-14)21-12-10-27-16-13(11-28-15(12)16)22-18(25)24-6-8-26-9-7-24/h4-5,12-13,15-16H,6-11H2,1-3H3,(H,22,25)(H,20,21,23). The van der Waals surface area contributed by atoms with Crippen molar-refractivity contribution in [2.24, 2.45) is 0 Å². The largest absolute Gasteiger partial charge is 0.378 e. The van der Waals surface area contributed by atoms with E-state index in [1.165, 1.54) is 0 Å². The van der Waals surface area contributed by atoms with Crippen LogP contribution in [0.5, 0.6) is 0 Å². The average molecular weight is 391 g/mol. The number of ether oxygens (including phenoxy) is 3. The molecule has 3 aliphatic heterocycles. The number of carbonyl (C=O) groups excluding carboxylic acids is 1. The second-order valence-corrected chi connectivity index (χ2v) is 8.52. The van der Waals surface area contributed by atoms with Crippen LogP contribution in [0.25, 0.3) is 0 Å². The van der Waals surface area contributed by atoms with Crippen LogP contribution in [-0.2, 0) is 19.6 Å². The van der Waals surface area contributed by atoms with Gasteiger partial charge in [0.25, 0.3) is 0 Å². The fourth-order valence-corrected chi connectivity index (χ4v) is 3.77. The molecule has 4 heterocycles. The molecule has 4 unspecified atom stereocenters. The first-order chi connectivity index (χ1) is 13.4. The van der Waals surface area contributed by atoms with Crippen molar-refractivity contribution in [3.8, 4) is 0 Å². The van der Waals surface area contributed by atoms with E-state index in [4.69, 9.17) is 14.2 Å². The summed E-state index contributed by atoms with van der Waals surface area (Å²) in [4.78, 5) is 23.2. The van der Waals surface area contributed by atoms with Gasteiger partial charge in [0.15, 0.2) is 0 Å². The molecule has 9 nitrogen and oxygen atoms in total. The number of amides is 2. The van der Waals surface area contributed by atoms with Gasteiger partial charge >= 0.3 is 6.03 Å². The Bertz CT molecular complexity index is 704. The van der Waals surface area contributed by atoms with Crippen LogP contribution < -0.4 is 10.6 Å². The third-order valence-corrected chi connectivity index (χ3v) is 5.40. The summed E-state index contributed by atoms with van der Waals surface area (Å²) in [5.74, 6) is 0.575. The molecule has 0 radical (unpaired) electrons. The molecule has 0 aliphatic carbocycles. The highest BCUT2D eigenvalue weighted by Crippen LogP contribution is 2.29. The van der Waals surface area contributed by atoms with E-state index < -0.39 is 0 Å². The van der Waals surface area contributed by atoms with Crippen LogP contribution in [0.3, 0.4) is 0 Å². The molecule has 4 rings (SSSR count). The Morgan fingerprint density at radius 2 is 1.82 bits per heavy atom. The number of urea groups is 1. The SMILES string of the molecule is CC(C)(C)c1ccnc(NC2COC3C(NC(=O)N4CCOCC4)COC23)n1. The number of nitrogens with zero attached hydrogens (tertiary/aromatic N) is 3. The lowest BCUT2D eigenvalue weighted by molar-refractivity contribution is 0.0485. The van der Waals surface area contributed by atoms with Gasteiger partial charge in [0, 0.05) is 24.7 Å². The molecular weight excluding hydrogens is 362 g/mol. The molecule has 3 fully saturated rings. The van der Waals surface area contributed by atoms with Gasteiger partial charge in [-0.1, -0.05) is 20.8 Å². The topological polar surface area (TPSA) is 97.8 Å². The lowest BCUT2D eigenvalue weighted by atomic mass is 9.92. The molecule has 1 aromatic rings. The van der Waals surface area contributed by atoms with E-state index in [1.807, 2.05) is 6.07 Å². The quantitative estimate of drug-likeness (QED) is 0.785. The maximum Gasteiger partial charge on any atom is 0.317 e. The smallest absolute Gasteiger partial charge is 0.317 e. The van der Waals surface area contributed by atoms with Crippen molar-refractivity contribution < 1.29 is 19.0 Å². The van der Waals surface area contributed by atoms with E-state index in [0.29, 0.717) is 45.5 Å². The summed E-state index contributed by atoms with van der Waals surface area (Å²) >= 11 is 0. The van der Waals surface area contributed by atoms with Crippen LogP contribution in [0.15, 0.2) is 12.3 Å². The maximum atomic E-state index is 12.5. The van der Waals surface area contributed by atoms with Crippen molar-refractivity contribution in [1.82, 2.24) is 20.2 Å². The average Bonchev–Trinajstić information content (AvgIpc) is 3.26. The minimum Gasteiger partial charge on any atom is -0.378 e. The zero-order chi connectivity index (χ0) is 19.7. The first-order valence-corrected chi connectivity index (χ1v) is 9.88. The normalized spacial score (nSPS) is 30.2. The van der Waals surface area contributed by atoms with Gasteiger partial charge in [-0.05, 0) is 6.07 Å². The van der Waals surface area contributed by atoms with Crippen LogP contribution in [0, 0.1) is 0 Å². The second-order valence-electron chi connectivity index (χ2n) is 8.52. The highest BCUT2D eigenvalue weighted by molar-refractivity contribution is 5.74. The van der Waals surface area contributed by atoms with Gasteiger partial charge in [-0.3, -0.25) is 0 Å². The molecule has 0 bridgehead atoms. The minimum absolute atomic E-state index is 0.0488. The van der Waals surface area contributed by atoms with Gasteiger partial charge in [0.1, 0.15) is 12.2 Å². The molecule has 2 N–H and O–H groups in total. The Kier molecular flexibility index (Phi) is 5.39. The highest BCUT2D eigenvalue weighted by atomic mass is 16.6. The molecule has 28 heavy (non-hydrogen) atoms. The van der Waals surface area contributed by atoms with Gasteiger partial charge in [-0.2, -0.15) is 0 Å². The second kappa shape index (κ2) is 7.81. The first kappa shape index (κ1) is 19.4. The Morgan fingerprint density at radius 3 is 2.54 bits per heavy atom. The number of carbonyl (C=O) groups is 1. The molecule has 0 spiro atoms. The summed E-state index contributed by atoms with van der Waals surface area (Å²) in [5, 5.41) is 6.41. The third-order valence-electron chi connectivity index (χ3n) is 5.40. The van der Waals surface area contributed by atoms with Gasteiger partial charge in [0.2, 0.25) is 5.95 Å². The van der Waals surface area contributed by atoms with Crippen LogP contribution in [0.2, 0.25) is 0 Å². The van der Waals surface area contributed by atoms with Crippen LogP contribution in [0.1, 0.15) is 26.5 Å². The number of hydrogen-bond donors (Lipinski definition) is 2. The number of anilines is 1. The fraction of sp³-hybridized carbons (Fsp3) is 0.737. The van der Waals surface area contributed by atoms with Crippen molar-refractivity contribution in [2.75, 3.05) is 44.8 Å². The number of aromatic nitrogens is 2. The van der Waals surface area contributed by atoms with Crippen molar-refractivity contribution >= 4 is 12.0 Å². The highest BCUT2D eigenvalue weighted by Gasteiger charge is 2.48. The predicted octanol–water partition coefficient (Wildman–Crippen LogP) is 0.763. The monoisotopic (exact) mass is 391 g/mol. The summed E-state index contributed by atoms with van der Waals surface area (Å²) in [7, 11) is 0. The Hall–Kier alpha value is -1.97. The van der Waals surface area contributed by atoms with Gasteiger partial charge < -0.3 is 29.7 Å². The zero-order valence-corrected chi connectivity index (χ0v) is 16.7. The molecule has 4 atom stereocenters. The summed E-state index contributed by atoms with van der Waals surface area (Å²) in [5.41, 5.74) is 0.927. The summed E-state index contributed by atoms with van der Waals surface area (Å²) in [6.45, 7) is 9.67. The molecular formula is C19H29N5O4. The molecule has 154 valence electrons. The molecule has 0 aromatic carbocycles. The fourth-order valence-electron chi connectivity index (χ4n) is 3.77. The molecule has 3 aliphatic rings. The summed E-state index contributed by atoms with van der Waals surface area (Å²) in [6, 6.07) is 1.64. The number of hydrogen-bond acceptors (Lipinski definition) is 7. The van der Waals surface area contributed by atoms with E-state index in [-0.39, 0.29) is 35.7 Å². The molecule has 3 saturated heterocycles. The van der Waals surface area contributed by atoms with Crippen molar-refractivity contribution in [3.05, 3.63) is 18.0 Å². The minimum atomic E-state index is -0.173. The number of morpholine rings is 1. The summed E-state index contributed by atoms with van der Waals surface area (Å²) < 4.78 is 17.2. The van der Waals surface area contributed by atoms with Gasteiger partial charge in [-0.15, -0.1) is 0 Å². The van der Waals surface area contributed by atoms with Crippen molar-refractivity contribution in [2.45, 2.75) is 50.5 Å². The number of rotatable bonds is 3. The van der Waals surface area contributed by atoms with E-state index in [1.54, 1.807) is 11.1 Å². The third kappa shape index (κ3) is 4.06. The van der Waals surface area contributed by atoms with E-state index in [9.17, 15) is 4.79 Å². The Labute approximate surface area is 165 Å². The Balaban J connectivity index is 1.35. The van der Waals surface area contributed by atoms with Crippen molar-refractivity contribution in [1.29, 1.82) is 0 Å². The molecule has 9 heteroatoms. The van der Waals surface area contributed by atoms with E-state index >= 15 is 0 Å². The lowest BCUT2D eigenvalue weighted by Gasteiger charge is -2.29. The molecule has 1 aromatic heterocycles. The number of fused-ring (bicyclic) bond motifs is 1. The molecule has 2 amide bonds. The first-order valence-electron chi connectivity index (χ1n) is 9.88. The van der Waals surface area contributed by atoms with E-state index in [2.05, 4.69) is 41.4 Å². The predicted molar refractivity (Wildman–Crippen MR) is 102 cm³/mol.